The monoisotopic (exact) mass is 623 g/mol. The van der Waals surface area contributed by atoms with Gasteiger partial charge in [0, 0.05) is 37.0 Å². The van der Waals surface area contributed by atoms with Crippen LogP contribution >= 0.6 is 0 Å². The van der Waals surface area contributed by atoms with E-state index in [9.17, 15) is 13.9 Å². The first kappa shape index (κ1) is 28.9. The number of rotatable bonds is 5. The quantitative estimate of drug-likeness (QED) is 0.274. The molecule has 7 nitrogen and oxygen atoms in total. The predicted octanol–water partition coefficient (Wildman–Crippen LogP) is 5.98. The molecule has 0 radical (unpaired) electrons. The molecule has 5 heterocycles. The number of terminal acetylenes is 2. The highest BCUT2D eigenvalue weighted by Crippen LogP contribution is 2.44. The molecule has 10 heteroatoms. The topological polar surface area (TPSA) is 74.6 Å². The molecule has 2 aromatic heterocycles. The van der Waals surface area contributed by atoms with E-state index in [0.29, 0.717) is 36.0 Å². The average Bonchev–Trinajstić information content (AvgIpc) is 3.70. The molecule has 8 rings (SSSR count). The van der Waals surface area contributed by atoms with E-state index in [2.05, 4.69) is 31.6 Å². The summed E-state index contributed by atoms with van der Waals surface area (Å²) >= 11 is 0. The molecule has 4 aromatic rings. The molecule has 2 aromatic carbocycles. The number of fused-ring (bicyclic) bond motifs is 5. The lowest BCUT2D eigenvalue weighted by Crippen LogP contribution is -2.43. The lowest BCUT2D eigenvalue weighted by molar-refractivity contribution is 0.107. The molecule has 1 saturated carbocycles. The van der Waals surface area contributed by atoms with E-state index in [-0.39, 0.29) is 57.2 Å². The summed E-state index contributed by atoms with van der Waals surface area (Å²) in [5.74, 6) is 4.73. The number of phenolic OH excluding ortho intramolecular Hbond substituents is 1. The van der Waals surface area contributed by atoms with Gasteiger partial charge >= 0.3 is 6.01 Å². The van der Waals surface area contributed by atoms with E-state index in [1.165, 1.54) is 24.3 Å². The average molecular weight is 624 g/mol. The van der Waals surface area contributed by atoms with Crippen LogP contribution in [0.2, 0.25) is 0 Å². The molecule has 2 bridgehead atoms. The fourth-order valence-electron chi connectivity index (χ4n) is 8.49. The second-order valence-electron chi connectivity index (χ2n) is 13.3. The number of hydrogen-bond acceptors (Lipinski definition) is 7. The summed E-state index contributed by atoms with van der Waals surface area (Å²) in [6.07, 6.45) is 16.3. The summed E-state index contributed by atoms with van der Waals surface area (Å²) < 4.78 is 52.7. The number of ether oxygens (including phenoxy) is 1. The third-order valence-corrected chi connectivity index (χ3v) is 10.5. The number of nitrogens with zero attached hydrogens (tertiary/aromatic N) is 5. The normalized spacial score (nSPS) is 25.6. The fraction of sp³-hybridized carbons (Fsp3) is 0.417. The van der Waals surface area contributed by atoms with Gasteiger partial charge in [-0.1, -0.05) is 12.0 Å². The maximum atomic E-state index is 17.0. The minimum atomic E-state index is -0.931. The highest BCUT2D eigenvalue weighted by Gasteiger charge is 2.49. The van der Waals surface area contributed by atoms with Gasteiger partial charge in [0.15, 0.2) is 5.82 Å². The molecule has 4 fully saturated rings. The molecule has 4 aliphatic rings. The SMILES string of the molecule is C#Cc1c(F)ccc2cc(O)cc(-c3nc(C#C)c4c(N5CC6CCC(C6)C5)nc(OC[C@]56CCCN5C[C@H](F)C6)nc4c3F)c12. The van der Waals surface area contributed by atoms with Crippen LogP contribution in [0.3, 0.4) is 0 Å². The third kappa shape index (κ3) is 4.53. The second kappa shape index (κ2) is 10.8. The molecular weight excluding hydrogens is 591 g/mol. The molecule has 234 valence electrons. The van der Waals surface area contributed by atoms with Gasteiger partial charge in [-0.05, 0) is 80.0 Å². The Balaban J connectivity index is 1.33. The van der Waals surface area contributed by atoms with Crippen LogP contribution < -0.4 is 9.64 Å². The van der Waals surface area contributed by atoms with Crippen LogP contribution in [0.5, 0.6) is 11.8 Å². The lowest BCUT2D eigenvalue weighted by atomic mass is 9.95. The largest absolute Gasteiger partial charge is 0.508 e. The first-order chi connectivity index (χ1) is 22.3. The Hall–Kier alpha value is -4.54. The molecule has 46 heavy (non-hydrogen) atoms. The van der Waals surface area contributed by atoms with E-state index in [1.807, 2.05) is 0 Å². The lowest BCUT2D eigenvalue weighted by Gasteiger charge is -2.34. The standard InChI is InChI=1S/C36H32F3N5O2/c1-3-25-27(38)9-8-22-13-24(45)14-26(29(22)25)32-31(39)33-30(28(4-2)40-32)34(43-16-20-6-7-21(12-20)17-43)42-35(41-33)46-19-36-10-5-11-44(36)18-23(37)15-36/h1-2,8-9,13-14,20-21,23,45H,5-7,10-12,15-19H2/t20?,21?,23-,36-/m1/s1. The van der Waals surface area contributed by atoms with Crippen molar-refractivity contribution in [3.63, 3.8) is 0 Å². The maximum Gasteiger partial charge on any atom is 0.319 e. The van der Waals surface area contributed by atoms with Crippen molar-refractivity contribution in [3.05, 3.63) is 47.2 Å². The Labute approximate surface area is 264 Å². The van der Waals surface area contributed by atoms with Crippen molar-refractivity contribution in [2.45, 2.75) is 50.2 Å². The highest BCUT2D eigenvalue weighted by molar-refractivity contribution is 6.04. The first-order valence-electron chi connectivity index (χ1n) is 15.8. The molecule has 2 unspecified atom stereocenters. The van der Waals surface area contributed by atoms with Crippen LogP contribution in [0.15, 0.2) is 24.3 Å². The number of aromatic hydroxyl groups is 1. The van der Waals surface area contributed by atoms with Gasteiger partial charge < -0.3 is 14.7 Å². The minimum absolute atomic E-state index is 0.0286. The van der Waals surface area contributed by atoms with Crippen molar-refractivity contribution in [2.75, 3.05) is 37.7 Å². The summed E-state index contributed by atoms with van der Waals surface area (Å²) in [6, 6.07) is 5.35. The Morgan fingerprint density at radius 2 is 1.83 bits per heavy atom. The summed E-state index contributed by atoms with van der Waals surface area (Å²) in [5, 5.41) is 11.5. The second-order valence-corrected chi connectivity index (χ2v) is 13.3. The maximum absolute atomic E-state index is 17.0. The zero-order valence-electron chi connectivity index (χ0n) is 25.2. The van der Waals surface area contributed by atoms with Crippen LogP contribution in [0.1, 0.15) is 49.8 Å². The fourth-order valence-corrected chi connectivity index (χ4v) is 8.49. The van der Waals surface area contributed by atoms with Crippen LogP contribution in [0, 0.1) is 48.2 Å². The van der Waals surface area contributed by atoms with Crippen LogP contribution in [0.25, 0.3) is 32.9 Å². The third-order valence-electron chi connectivity index (χ3n) is 10.5. The van der Waals surface area contributed by atoms with Gasteiger partial charge in [-0.25, -0.2) is 18.2 Å². The van der Waals surface area contributed by atoms with E-state index < -0.39 is 23.3 Å². The molecule has 3 saturated heterocycles. The van der Waals surface area contributed by atoms with Crippen LogP contribution in [0.4, 0.5) is 19.0 Å². The summed E-state index contributed by atoms with van der Waals surface area (Å²) in [6.45, 7) is 2.82. The number of piperidine rings is 1. The zero-order chi connectivity index (χ0) is 31.7. The van der Waals surface area contributed by atoms with Gasteiger partial charge in [0.2, 0.25) is 0 Å². The van der Waals surface area contributed by atoms with Crippen molar-refractivity contribution in [3.8, 4) is 47.7 Å². The van der Waals surface area contributed by atoms with E-state index in [4.69, 9.17) is 22.6 Å². The van der Waals surface area contributed by atoms with Crippen LogP contribution in [-0.2, 0) is 0 Å². The smallest absolute Gasteiger partial charge is 0.319 e. The Bertz CT molecular complexity index is 1990. The van der Waals surface area contributed by atoms with E-state index >= 15 is 4.39 Å². The minimum Gasteiger partial charge on any atom is -0.508 e. The highest BCUT2D eigenvalue weighted by atomic mass is 19.1. The number of benzene rings is 2. The summed E-state index contributed by atoms with van der Waals surface area (Å²) in [5.41, 5.74) is -0.675. The van der Waals surface area contributed by atoms with Gasteiger partial charge in [0.25, 0.3) is 0 Å². The zero-order valence-corrected chi connectivity index (χ0v) is 25.2. The molecular formula is C36H32F3N5O2. The van der Waals surface area contributed by atoms with Crippen molar-refractivity contribution in [1.29, 1.82) is 0 Å². The van der Waals surface area contributed by atoms with E-state index in [1.54, 1.807) is 0 Å². The number of phenols is 1. The Kier molecular flexibility index (Phi) is 6.77. The number of pyridine rings is 1. The van der Waals surface area contributed by atoms with Gasteiger partial charge in [-0.3, -0.25) is 4.90 Å². The number of halogens is 3. The number of anilines is 1. The molecule has 4 atom stereocenters. The Morgan fingerprint density at radius 1 is 1.02 bits per heavy atom. The summed E-state index contributed by atoms with van der Waals surface area (Å²) in [7, 11) is 0. The first-order valence-corrected chi connectivity index (χ1v) is 15.8. The Morgan fingerprint density at radius 3 is 2.59 bits per heavy atom. The van der Waals surface area contributed by atoms with E-state index in [0.717, 1.165) is 51.7 Å². The molecule has 0 spiro atoms. The predicted molar refractivity (Wildman–Crippen MR) is 169 cm³/mol. The number of alkyl halides is 1. The van der Waals surface area contributed by atoms with Crippen molar-refractivity contribution >= 4 is 27.5 Å². The van der Waals surface area contributed by atoms with Crippen LogP contribution in [-0.4, -0.2) is 69.5 Å². The molecule has 1 aliphatic carbocycles. The van der Waals surface area contributed by atoms with Crippen molar-refractivity contribution in [1.82, 2.24) is 19.9 Å². The number of aromatic nitrogens is 3. The van der Waals surface area contributed by atoms with Gasteiger partial charge in [0.1, 0.15) is 47.1 Å². The molecule has 0 amide bonds. The van der Waals surface area contributed by atoms with Crippen molar-refractivity contribution < 1.29 is 23.0 Å². The molecule has 3 aliphatic heterocycles. The van der Waals surface area contributed by atoms with Gasteiger partial charge in [-0.2, -0.15) is 9.97 Å². The summed E-state index contributed by atoms with van der Waals surface area (Å²) in [4.78, 5) is 18.2. The van der Waals surface area contributed by atoms with Crippen molar-refractivity contribution in [2.24, 2.45) is 11.8 Å². The van der Waals surface area contributed by atoms with Gasteiger partial charge in [0.05, 0.1) is 16.5 Å². The van der Waals surface area contributed by atoms with Gasteiger partial charge in [-0.15, -0.1) is 12.8 Å². The number of hydrogen-bond donors (Lipinski definition) is 1. The molecule has 1 N–H and O–H groups in total.